The second-order valence-corrected chi connectivity index (χ2v) is 4.50. The summed E-state index contributed by atoms with van der Waals surface area (Å²) >= 11 is 3.39. The maximum Gasteiger partial charge on any atom is 0.220 e. The van der Waals surface area contributed by atoms with Crippen molar-refractivity contribution in [1.82, 2.24) is 10.3 Å². The smallest absolute Gasteiger partial charge is 0.220 e. The Morgan fingerprint density at radius 2 is 2.50 bits per heavy atom. The Morgan fingerprint density at radius 1 is 1.69 bits per heavy atom. The van der Waals surface area contributed by atoms with Crippen LogP contribution < -0.4 is 10.1 Å². The molecule has 2 rings (SSSR count). The third-order valence-corrected chi connectivity index (χ3v) is 3.13. The molecule has 4 nitrogen and oxygen atoms in total. The van der Waals surface area contributed by atoms with Crippen molar-refractivity contribution in [1.29, 1.82) is 0 Å². The lowest BCUT2D eigenvalue weighted by Crippen LogP contribution is -2.31. The number of nitrogens with zero attached hydrogens (tertiary/aromatic N) is 1. The van der Waals surface area contributed by atoms with Gasteiger partial charge in [-0.3, -0.25) is 9.78 Å². The quantitative estimate of drug-likeness (QED) is 0.906. The second-order valence-electron chi connectivity index (χ2n) is 3.65. The van der Waals surface area contributed by atoms with E-state index in [1.165, 1.54) is 0 Å². The summed E-state index contributed by atoms with van der Waals surface area (Å²) in [5.41, 5.74) is 0.947. The Bertz CT molecular complexity index is 409. The van der Waals surface area contributed by atoms with E-state index < -0.39 is 0 Å². The number of carbonyl (C=O) groups excluding carboxylic acids is 1. The van der Waals surface area contributed by atoms with Crippen molar-refractivity contribution in [2.75, 3.05) is 6.61 Å². The Hall–Kier alpha value is -1.10. The molecule has 1 atom stereocenters. The zero-order chi connectivity index (χ0) is 11.5. The lowest BCUT2D eigenvalue weighted by atomic mass is 10.0. The average molecular weight is 285 g/mol. The maximum absolute atomic E-state index is 11.4. The van der Waals surface area contributed by atoms with E-state index in [-0.39, 0.29) is 11.9 Å². The van der Waals surface area contributed by atoms with Gasteiger partial charge in [0.2, 0.25) is 5.91 Å². The molecule has 0 radical (unpaired) electrons. The number of ether oxygens (including phenoxy) is 1. The Morgan fingerprint density at radius 3 is 3.25 bits per heavy atom. The van der Waals surface area contributed by atoms with Crippen LogP contribution in [0, 0.1) is 0 Å². The van der Waals surface area contributed by atoms with Crippen molar-refractivity contribution in [2.24, 2.45) is 0 Å². The van der Waals surface area contributed by atoms with Gasteiger partial charge in [-0.1, -0.05) is 6.92 Å². The van der Waals surface area contributed by atoms with Crippen molar-refractivity contribution in [3.8, 4) is 5.75 Å². The lowest BCUT2D eigenvalue weighted by Gasteiger charge is -2.26. The fraction of sp³-hybridized carbons (Fsp3) is 0.455. The molecule has 1 N–H and O–H groups in total. The van der Waals surface area contributed by atoms with Gasteiger partial charge in [0, 0.05) is 30.8 Å². The number of rotatable bonds is 2. The number of carbonyl (C=O) groups is 1. The predicted octanol–water partition coefficient (Wildman–Crippen LogP) is 2.19. The Kier molecular flexibility index (Phi) is 3.43. The van der Waals surface area contributed by atoms with Crippen molar-refractivity contribution in [3.05, 3.63) is 22.4 Å². The van der Waals surface area contributed by atoms with Gasteiger partial charge in [0.15, 0.2) is 0 Å². The lowest BCUT2D eigenvalue weighted by molar-refractivity contribution is -0.121. The monoisotopic (exact) mass is 284 g/mol. The standard InChI is InChI=1S/C11H13BrN2O2/c1-2-10(15)14-9-3-4-16-11-7(9)5-13-6-8(11)12/h5-6,9H,2-4H2,1H3,(H,14,15). The van der Waals surface area contributed by atoms with Crippen LogP contribution in [-0.2, 0) is 4.79 Å². The van der Waals surface area contributed by atoms with Crippen LogP contribution in [0.2, 0.25) is 0 Å². The van der Waals surface area contributed by atoms with E-state index in [1.807, 2.05) is 6.92 Å². The first-order chi connectivity index (χ1) is 7.72. The van der Waals surface area contributed by atoms with Gasteiger partial charge in [-0.25, -0.2) is 0 Å². The fourth-order valence-electron chi connectivity index (χ4n) is 1.72. The van der Waals surface area contributed by atoms with Gasteiger partial charge in [0.05, 0.1) is 17.1 Å². The summed E-state index contributed by atoms with van der Waals surface area (Å²) < 4.78 is 6.40. The number of hydrogen-bond donors (Lipinski definition) is 1. The van der Waals surface area contributed by atoms with Gasteiger partial charge in [-0.2, -0.15) is 0 Å². The topological polar surface area (TPSA) is 51.2 Å². The molecule has 1 aliphatic rings. The first kappa shape index (κ1) is 11.4. The van der Waals surface area contributed by atoms with Crippen LogP contribution in [0.4, 0.5) is 0 Å². The first-order valence-corrected chi connectivity index (χ1v) is 6.07. The minimum Gasteiger partial charge on any atom is -0.492 e. The van der Waals surface area contributed by atoms with Crippen LogP contribution in [0.3, 0.4) is 0 Å². The van der Waals surface area contributed by atoms with Gasteiger partial charge in [-0.05, 0) is 15.9 Å². The zero-order valence-electron chi connectivity index (χ0n) is 9.00. The zero-order valence-corrected chi connectivity index (χ0v) is 10.6. The number of hydrogen-bond acceptors (Lipinski definition) is 3. The van der Waals surface area contributed by atoms with Gasteiger partial charge >= 0.3 is 0 Å². The molecule has 0 bridgehead atoms. The number of fused-ring (bicyclic) bond motifs is 1. The summed E-state index contributed by atoms with van der Waals surface area (Å²) in [6.07, 6.45) is 4.73. The van der Waals surface area contributed by atoms with E-state index in [2.05, 4.69) is 26.2 Å². The average Bonchev–Trinajstić information content (AvgIpc) is 2.30. The van der Waals surface area contributed by atoms with Crippen molar-refractivity contribution in [2.45, 2.75) is 25.8 Å². The highest BCUT2D eigenvalue weighted by Crippen LogP contribution is 2.36. The molecular weight excluding hydrogens is 272 g/mol. The molecule has 0 spiro atoms. The Labute approximate surface area is 103 Å². The van der Waals surface area contributed by atoms with E-state index in [0.717, 1.165) is 22.2 Å². The van der Waals surface area contributed by atoms with E-state index in [9.17, 15) is 4.79 Å². The minimum atomic E-state index is 0.0150. The van der Waals surface area contributed by atoms with Crippen molar-refractivity contribution in [3.63, 3.8) is 0 Å². The Balaban J connectivity index is 2.26. The van der Waals surface area contributed by atoms with Gasteiger partial charge < -0.3 is 10.1 Å². The maximum atomic E-state index is 11.4. The molecule has 5 heteroatoms. The molecule has 0 saturated carbocycles. The number of amides is 1. The van der Waals surface area contributed by atoms with Crippen LogP contribution in [0.15, 0.2) is 16.9 Å². The molecule has 1 aromatic rings. The van der Waals surface area contributed by atoms with Crippen molar-refractivity contribution >= 4 is 21.8 Å². The van der Waals surface area contributed by atoms with Crippen LogP contribution in [-0.4, -0.2) is 17.5 Å². The summed E-state index contributed by atoms with van der Waals surface area (Å²) in [4.78, 5) is 15.5. The van der Waals surface area contributed by atoms with Crippen LogP contribution in [0.1, 0.15) is 31.4 Å². The molecule has 0 aromatic carbocycles. The number of aromatic nitrogens is 1. The predicted molar refractivity (Wildman–Crippen MR) is 63.2 cm³/mol. The highest BCUT2D eigenvalue weighted by molar-refractivity contribution is 9.10. The summed E-state index contributed by atoms with van der Waals surface area (Å²) in [5.74, 6) is 0.848. The molecule has 0 aliphatic carbocycles. The van der Waals surface area contributed by atoms with Crippen LogP contribution >= 0.6 is 15.9 Å². The molecule has 1 amide bonds. The van der Waals surface area contributed by atoms with E-state index >= 15 is 0 Å². The van der Waals surface area contributed by atoms with E-state index in [1.54, 1.807) is 12.4 Å². The summed E-state index contributed by atoms with van der Waals surface area (Å²) in [6, 6.07) is 0.0150. The third-order valence-electron chi connectivity index (χ3n) is 2.57. The molecule has 0 saturated heterocycles. The van der Waals surface area contributed by atoms with E-state index in [4.69, 9.17) is 4.74 Å². The van der Waals surface area contributed by atoms with Crippen LogP contribution in [0.5, 0.6) is 5.75 Å². The molecule has 86 valence electrons. The van der Waals surface area contributed by atoms with Gasteiger partial charge in [0.25, 0.3) is 0 Å². The molecular formula is C11H13BrN2O2. The number of pyridine rings is 1. The van der Waals surface area contributed by atoms with Gasteiger partial charge in [0.1, 0.15) is 5.75 Å². The minimum absolute atomic E-state index is 0.0150. The number of nitrogens with one attached hydrogen (secondary N) is 1. The normalized spacial score (nSPS) is 18.5. The van der Waals surface area contributed by atoms with E-state index in [0.29, 0.717) is 13.0 Å². The third kappa shape index (κ3) is 2.19. The fourth-order valence-corrected chi connectivity index (χ4v) is 2.18. The number of halogens is 1. The van der Waals surface area contributed by atoms with Gasteiger partial charge in [-0.15, -0.1) is 0 Å². The van der Waals surface area contributed by atoms with Crippen LogP contribution in [0.25, 0.3) is 0 Å². The first-order valence-electron chi connectivity index (χ1n) is 5.28. The molecule has 1 aliphatic heterocycles. The second kappa shape index (κ2) is 4.82. The molecule has 1 unspecified atom stereocenters. The van der Waals surface area contributed by atoms with Crippen molar-refractivity contribution < 1.29 is 9.53 Å². The summed E-state index contributed by atoms with van der Waals surface area (Å²) in [6.45, 7) is 2.46. The molecule has 1 aromatic heterocycles. The largest absolute Gasteiger partial charge is 0.492 e. The highest BCUT2D eigenvalue weighted by atomic mass is 79.9. The molecule has 0 fully saturated rings. The molecule has 2 heterocycles. The highest BCUT2D eigenvalue weighted by Gasteiger charge is 2.24. The SMILES string of the molecule is CCC(=O)NC1CCOc2c(Br)cncc21. The summed E-state index contributed by atoms with van der Waals surface area (Å²) in [5, 5.41) is 2.97. The molecule has 16 heavy (non-hydrogen) atoms. The summed E-state index contributed by atoms with van der Waals surface area (Å²) in [7, 11) is 0.